The van der Waals surface area contributed by atoms with Gasteiger partial charge in [0.2, 0.25) is 5.91 Å². The van der Waals surface area contributed by atoms with Gasteiger partial charge in [-0.25, -0.2) is 0 Å². The van der Waals surface area contributed by atoms with Gasteiger partial charge in [-0.3, -0.25) is 4.79 Å². The molecule has 0 radical (unpaired) electrons. The molecule has 0 bridgehead atoms. The average Bonchev–Trinajstić information content (AvgIpc) is 2.33. The lowest BCUT2D eigenvalue weighted by Gasteiger charge is -2.27. The van der Waals surface area contributed by atoms with Crippen LogP contribution in [-0.4, -0.2) is 37.4 Å². The molecule has 3 N–H and O–H groups in total. The van der Waals surface area contributed by atoms with Gasteiger partial charge in [-0.2, -0.15) is 13.2 Å². The molecule has 7 heteroatoms. The molecule has 1 unspecified atom stereocenters. The molecule has 0 aromatic rings. The molecule has 20 heavy (non-hydrogen) atoms. The van der Waals surface area contributed by atoms with Crippen LogP contribution in [0.3, 0.4) is 0 Å². The Balaban J connectivity index is 3.77. The summed E-state index contributed by atoms with van der Waals surface area (Å²) in [5.41, 5.74) is 4.57. The largest absolute Gasteiger partial charge is 0.389 e. The normalized spacial score (nSPS) is 15.1. The molecule has 0 saturated heterocycles. The summed E-state index contributed by atoms with van der Waals surface area (Å²) in [6.07, 6.45) is -3.03. The Hall–Kier alpha value is -0.820. The van der Waals surface area contributed by atoms with E-state index in [4.69, 9.17) is 10.5 Å². The third kappa shape index (κ3) is 9.14. The van der Waals surface area contributed by atoms with E-state index in [1.807, 2.05) is 6.92 Å². The number of carbonyl (C=O) groups excluding carboxylic acids is 1. The molecule has 0 aliphatic rings. The second kappa shape index (κ2) is 9.18. The minimum Gasteiger partial charge on any atom is -0.381 e. The van der Waals surface area contributed by atoms with Crippen molar-refractivity contribution in [1.29, 1.82) is 0 Å². The van der Waals surface area contributed by atoms with E-state index in [2.05, 4.69) is 5.32 Å². The molecule has 0 spiro atoms. The summed E-state index contributed by atoms with van der Waals surface area (Å²) in [5.74, 6) is -0.428. The highest BCUT2D eigenvalue weighted by atomic mass is 19.4. The molecule has 0 heterocycles. The fourth-order valence-electron chi connectivity index (χ4n) is 1.70. The SMILES string of the molecule is CCCNC(C)(CCCOCCCC(F)(F)F)C(N)=O. The first-order chi connectivity index (χ1) is 9.21. The number of nitrogens with two attached hydrogens (primary N) is 1. The standard InChI is InChI=1S/C13H25F3N2O2/c1-3-8-18-12(2,11(17)19)6-4-9-20-10-5-7-13(14,15)16/h18H,3-10H2,1-2H3,(H2,17,19). The molecule has 0 aliphatic heterocycles. The van der Waals surface area contributed by atoms with E-state index >= 15 is 0 Å². The zero-order valence-corrected chi connectivity index (χ0v) is 12.2. The quantitative estimate of drug-likeness (QED) is 0.576. The summed E-state index contributed by atoms with van der Waals surface area (Å²) in [5, 5.41) is 3.09. The van der Waals surface area contributed by atoms with E-state index in [-0.39, 0.29) is 13.0 Å². The highest BCUT2D eigenvalue weighted by molar-refractivity contribution is 5.84. The van der Waals surface area contributed by atoms with Crippen molar-refractivity contribution in [3.8, 4) is 0 Å². The van der Waals surface area contributed by atoms with Crippen molar-refractivity contribution in [3.63, 3.8) is 0 Å². The van der Waals surface area contributed by atoms with Crippen molar-refractivity contribution < 1.29 is 22.7 Å². The maximum absolute atomic E-state index is 11.9. The Bertz CT molecular complexity index is 285. The molecule has 1 atom stereocenters. The Kier molecular flexibility index (Phi) is 8.80. The van der Waals surface area contributed by atoms with Gasteiger partial charge < -0.3 is 15.8 Å². The lowest BCUT2D eigenvalue weighted by Crippen LogP contribution is -2.53. The Morgan fingerprint density at radius 3 is 2.20 bits per heavy atom. The zero-order valence-electron chi connectivity index (χ0n) is 12.2. The van der Waals surface area contributed by atoms with Crippen LogP contribution in [0.1, 0.15) is 46.0 Å². The van der Waals surface area contributed by atoms with Gasteiger partial charge in [-0.05, 0) is 39.2 Å². The molecular weight excluding hydrogens is 273 g/mol. The van der Waals surface area contributed by atoms with Gasteiger partial charge in [0.05, 0.1) is 5.54 Å². The molecular formula is C13H25F3N2O2. The minimum absolute atomic E-state index is 0.0370. The van der Waals surface area contributed by atoms with Crippen molar-refractivity contribution in [3.05, 3.63) is 0 Å². The maximum atomic E-state index is 11.9. The van der Waals surface area contributed by atoms with Crippen LogP contribution in [0.4, 0.5) is 13.2 Å². The van der Waals surface area contributed by atoms with Gasteiger partial charge in [0.15, 0.2) is 0 Å². The molecule has 0 aromatic heterocycles. The van der Waals surface area contributed by atoms with E-state index in [0.29, 0.717) is 26.0 Å². The Morgan fingerprint density at radius 2 is 1.75 bits per heavy atom. The van der Waals surface area contributed by atoms with Crippen LogP contribution in [0.25, 0.3) is 0 Å². The van der Waals surface area contributed by atoms with Crippen molar-refractivity contribution in [2.75, 3.05) is 19.8 Å². The second-order valence-corrected chi connectivity index (χ2v) is 5.06. The molecule has 0 fully saturated rings. The van der Waals surface area contributed by atoms with E-state index in [1.165, 1.54) is 0 Å². The number of alkyl halides is 3. The van der Waals surface area contributed by atoms with E-state index in [9.17, 15) is 18.0 Å². The predicted octanol–water partition coefficient (Wildman–Crippen LogP) is 2.37. The summed E-state index contributed by atoms with van der Waals surface area (Å²) in [4.78, 5) is 11.4. The van der Waals surface area contributed by atoms with Crippen LogP contribution < -0.4 is 11.1 Å². The Labute approximate surface area is 118 Å². The molecule has 120 valence electrons. The first-order valence-electron chi connectivity index (χ1n) is 6.90. The minimum atomic E-state index is -4.13. The van der Waals surface area contributed by atoms with Gasteiger partial charge in [-0.15, -0.1) is 0 Å². The van der Waals surface area contributed by atoms with Crippen LogP contribution in [0.5, 0.6) is 0 Å². The lowest BCUT2D eigenvalue weighted by molar-refractivity contribution is -0.138. The number of ether oxygens (including phenoxy) is 1. The zero-order chi connectivity index (χ0) is 15.6. The summed E-state index contributed by atoms with van der Waals surface area (Å²) in [7, 11) is 0. The van der Waals surface area contributed by atoms with Gasteiger partial charge in [-0.1, -0.05) is 6.92 Å². The number of nitrogens with one attached hydrogen (secondary N) is 1. The molecule has 0 aliphatic carbocycles. The summed E-state index contributed by atoms with van der Waals surface area (Å²) in [6, 6.07) is 0. The smallest absolute Gasteiger partial charge is 0.381 e. The molecule has 1 amide bonds. The number of amides is 1. The number of primary amides is 1. The monoisotopic (exact) mass is 298 g/mol. The highest BCUT2D eigenvalue weighted by Crippen LogP contribution is 2.21. The van der Waals surface area contributed by atoms with Gasteiger partial charge in [0.1, 0.15) is 0 Å². The van der Waals surface area contributed by atoms with Crippen LogP contribution in [-0.2, 0) is 9.53 Å². The average molecular weight is 298 g/mol. The molecule has 0 saturated carbocycles. The first kappa shape index (κ1) is 19.2. The number of carbonyl (C=O) groups is 1. The van der Waals surface area contributed by atoms with Crippen LogP contribution in [0.15, 0.2) is 0 Å². The number of halogens is 3. The van der Waals surface area contributed by atoms with Crippen LogP contribution in [0.2, 0.25) is 0 Å². The molecule has 0 rings (SSSR count). The van der Waals surface area contributed by atoms with Gasteiger partial charge in [0.25, 0.3) is 0 Å². The molecule has 4 nitrogen and oxygen atoms in total. The third-order valence-corrected chi connectivity index (χ3v) is 3.02. The van der Waals surface area contributed by atoms with Crippen molar-refractivity contribution in [2.45, 2.75) is 57.7 Å². The highest BCUT2D eigenvalue weighted by Gasteiger charge is 2.29. The Morgan fingerprint density at radius 1 is 1.20 bits per heavy atom. The van der Waals surface area contributed by atoms with E-state index in [1.54, 1.807) is 6.92 Å². The second-order valence-electron chi connectivity index (χ2n) is 5.06. The van der Waals surface area contributed by atoms with E-state index < -0.39 is 24.0 Å². The topological polar surface area (TPSA) is 64.3 Å². The van der Waals surface area contributed by atoms with E-state index in [0.717, 1.165) is 6.42 Å². The van der Waals surface area contributed by atoms with Crippen molar-refractivity contribution in [2.24, 2.45) is 5.73 Å². The number of hydrogen-bond acceptors (Lipinski definition) is 3. The third-order valence-electron chi connectivity index (χ3n) is 3.02. The van der Waals surface area contributed by atoms with Crippen molar-refractivity contribution in [1.82, 2.24) is 5.32 Å². The van der Waals surface area contributed by atoms with Gasteiger partial charge >= 0.3 is 6.18 Å². The molecule has 0 aromatic carbocycles. The number of hydrogen-bond donors (Lipinski definition) is 2. The summed E-state index contributed by atoms with van der Waals surface area (Å²) >= 11 is 0. The summed E-state index contributed by atoms with van der Waals surface area (Å²) in [6.45, 7) is 4.81. The van der Waals surface area contributed by atoms with Crippen LogP contribution in [0, 0.1) is 0 Å². The maximum Gasteiger partial charge on any atom is 0.389 e. The van der Waals surface area contributed by atoms with Crippen LogP contribution >= 0.6 is 0 Å². The first-order valence-corrected chi connectivity index (χ1v) is 6.90. The van der Waals surface area contributed by atoms with Crippen molar-refractivity contribution >= 4 is 5.91 Å². The van der Waals surface area contributed by atoms with Gasteiger partial charge in [0, 0.05) is 19.6 Å². The number of rotatable bonds is 11. The summed E-state index contributed by atoms with van der Waals surface area (Å²) < 4.78 is 40.8. The lowest BCUT2D eigenvalue weighted by atomic mass is 9.95. The fraction of sp³-hybridized carbons (Fsp3) is 0.923. The fourth-order valence-corrected chi connectivity index (χ4v) is 1.70. The predicted molar refractivity (Wildman–Crippen MR) is 71.2 cm³/mol.